The van der Waals surface area contributed by atoms with Gasteiger partial charge in [-0.25, -0.2) is 14.4 Å². The van der Waals surface area contributed by atoms with Crippen LogP contribution in [0.4, 0.5) is 4.39 Å². The van der Waals surface area contributed by atoms with Crippen LogP contribution < -0.4 is 4.74 Å². The third-order valence-electron chi connectivity index (χ3n) is 2.65. The van der Waals surface area contributed by atoms with Gasteiger partial charge in [-0.3, -0.25) is 0 Å². The number of hydrogen-bond donors (Lipinski definition) is 0. The van der Waals surface area contributed by atoms with Crippen LogP contribution in [0.15, 0.2) is 30.6 Å². The van der Waals surface area contributed by atoms with Gasteiger partial charge >= 0.3 is 0 Å². The molecule has 0 saturated carbocycles. The molecule has 4 heteroatoms. The van der Waals surface area contributed by atoms with Crippen LogP contribution in [0.1, 0.15) is 18.9 Å². The Hall–Kier alpha value is -1.97. The highest BCUT2D eigenvalue weighted by atomic mass is 19.1. The fourth-order valence-corrected chi connectivity index (χ4v) is 1.73. The fraction of sp³-hybridized carbons (Fsp3) is 0.286. The number of hydrogen-bond acceptors (Lipinski definition) is 3. The molecule has 0 amide bonds. The molecule has 18 heavy (non-hydrogen) atoms. The molecule has 0 aliphatic heterocycles. The second-order valence-electron chi connectivity index (χ2n) is 4.01. The molecule has 94 valence electrons. The van der Waals surface area contributed by atoms with E-state index in [0.717, 1.165) is 18.4 Å². The van der Waals surface area contributed by atoms with Crippen molar-refractivity contribution in [3.63, 3.8) is 0 Å². The van der Waals surface area contributed by atoms with Crippen molar-refractivity contribution in [1.29, 1.82) is 0 Å². The van der Waals surface area contributed by atoms with Gasteiger partial charge in [-0.15, -0.1) is 0 Å². The quantitative estimate of drug-likeness (QED) is 0.830. The molecule has 2 aromatic rings. The molecule has 1 aromatic heterocycles. The molecule has 3 nitrogen and oxygen atoms in total. The van der Waals surface area contributed by atoms with Crippen molar-refractivity contribution in [2.24, 2.45) is 0 Å². The summed E-state index contributed by atoms with van der Waals surface area (Å²) >= 11 is 0. The van der Waals surface area contributed by atoms with Crippen LogP contribution in [-0.4, -0.2) is 17.1 Å². The Morgan fingerprint density at radius 3 is 2.50 bits per heavy atom. The summed E-state index contributed by atoms with van der Waals surface area (Å²) < 4.78 is 18.4. The predicted octanol–water partition coefficient (Wildman–Crippen LogP) is 3.24. The first-order valence-electron chi connectivity index (χ1n) is 5.89. The van der Waals surface area contributed by atoms with Gasteiger partial charge in [-0.05, 0) is 30.2 Å². The van der Waals surface area contributed by atoms with E-state index in [4.69, 9.17) is 4.74 Å². The van der Waals surface area contributed by atoms with Crippen molar-refractivity contribution in [2.45, 2.75) is 19.8 Å². The van der Waals surface area contributed by atoms with E-state index in [1.165, 1.54) is 13.2 Å². The van der Waals surface area contributed by atoms with Gasteiger partial charge in [0, 0.05) is 18.0 Å². The molecule has 0 saturated heterocycles. The monoisotopic (exact) mass is 246 g/mol. The highest BCUT2D eigenvalue weighted by Crippen LogP contribution is 2.22. The summed E-state index contributed by atoms with van der Waals surface area (Å²) in [5.41, 5.74) is 1.74. The molecular weight excluding hydrogens is 231 g/mol. The SMILES string of the molecule is CCCc1cnc(-c2ccc(OC)c(F)c2)nc1. The molecule has 0 aliphatic carbocycles. The molecule has 0 atom stereocenters. The number of aromatic nitrogens is 2. The van der Waals surface area contributed by atoms with Gasteiger partial charge < -0.3 is 4.74 Å². The van der Waals surface area contributed by atoms with Crippen LogP contribution in [-0.2, 0) is 6.42 Å². The summed E-state index contributed by atoms with van der Waals surface area (Å²) in [5, 5.41) is 0. The second-order valence-corrected chi connectivity index (χ2v) is 4.01. The molecule has 0 bridgehead atoms. The minimum absolute atomic E-state index is 0.223. The highest BCUT2D eigenvalue weighted by molar-refractivity contribution is 5.56. The van der Waals surface area contributed by atoms with E-state index in [9.17, 15) is 4.39 Å². The van der Waals surface area contributed by atoms with Gasteiger partial charge in [-0.1, -0.05) is 13.3 Å². The molecule has 1 aromatic carbocycles. The minimum atomic E-state index is -0.406. The van der Waals surface area contributed by atoms with Gasteiger partial charge in [0.05, 0.1) is 7.11 Å². The first-order valence-corrected chi connectivity index (χ1v) is 5.89. The number of aryl methyl sites for hydroxylation is 1. The fourth-order valence-electron chi connectivity index (χ4n) is 1.73. The van der Waals surface area contributed by atoms with Crippen LogP contribution in [0, 0.1) is 5.82 Å². The predicted molar refractivity (Wildman–Crippen MR) is 68.0 cm³/mol. The van der Waals surface area contributed by atoms with Gasteiger partial charge in [0.2, 0.25) is 0 Å². The van der Waals surface area contributed by atoms with E-state index in [1.807, 2.05) is 0 Å². The largest absolute Gasteiger partial charge is 0.494 e. The van der Waals surface area contributed by atoms with E-state index < -0.39 is 5.82 Å². The Balaban J connectivity index is 2.28. The average molecular weight is 246 g/mol. The van der Waals surface area contributed by atoms with Crippen LogP contribution in [0.25, 0.3) is 11.4 Å². The van der Waals surface area contributed by atoms with Crippen molar-refractivity contribution in [2.75, 3.05) is 7.11 Å². The molecule has 0 unspecified atom stereocenters. The van der Waals surface area contributed by atoms with E-state index in [0.29, 0.717) is 11.4 Å². The third-order valence-corrected chi connectivity index (χ3v) is 2.65. The lowest BCUT2D eigenvalue weighted by molar-refractivity contribution is 0.386. The Labute approximate surface area is 106 Å². The zero-order valence-corrected chi connectivity index (χ0v) is 10.5. The average Bonchev–Trinajstić information content (AvgIpc) is 2.40. The van der Waals surface area contributed by atoms with E-state index in [2.05, 4.69) is 16.9 Å². The summed E-state index contributed by atoms with van der Waals surface area (Å²) in [7, 11) is 1.44. The summed E-state index contributed by atoms with van der Waals surface area (Å²) in [6.45, 7) is 2.10. The van der Waals surface area contributed by atoms with Crippen molar-refractivity contribution in [3.8, 4) is 17.1 Å². The summed E-state index contributed by atoms with van der Waals surface area (Å²) in [6.07, 6.45) is 5.58. The molecular formula is C14H15FN2O. The number of nitrogens with zero attached hydrogens (tertiary/aromatic N) is 2. The van der Waals surface area contributed by atoms with E-state index >= 15 is 0 Å². The highest BCUT2D eigenvalue weighted by Gasteiger charge is 2.07. The molecule has 0 N–H and O–H groups in total. The summed E-state index contributed by atoms with van der Waals surface area (Å²) in [5.74, 6) is 0.342. The van der Waals surface area contributed by atoms with Crippen LogP contribution in [0.3, 0.4) is 0 Å². The van der Waals surface area contributed by atoms with Gasteiger partial charge in [0.1, 0.15) is 0 Å². The number of benzene rings is 1. The van der Waals surface area contributed by atoms with Crippen molar-refractivity contribution < 1.29 is 9.13 Å². The summed E-state index contributed by atoms with van der Waals surface area (Å²) in [4.78, 5) is 8.49. The lowest BCUT2D eigenvalue weighted by atomic mass is 10.1. The molecule has 0 aliphatic rings. The number of rotatable bonds is 4. The first-order chi connectivity index (χ1) is 8.74. The maximum atomic E-state index is 13.6. The standard InChI is InChI=1S/C14H15FN2O/c1-3-4-10-8-16-14(17-9-10)11-5-6-13(18-2)12(15)7-11/h5-9H,3-4H2,1-2H3. The normalized spacial score (nSPS) is 10.4. The van der Waals surface area contributed by atoms with Gasteiger partial charge in [0.25, 0.3) is 0 Å². The zero-order chi connectivity index (χ0) is 13.0. The third kappa shape index (κ3) is 2.64. The smallest absolute Gasteiger partial charge is 0.165 e. The summed E-state index contributed by atoms with van der Waals surface area (Å²) in [6, 6.07) is 4.71. The van der Waals surface area contributed by atoms with Crippen LogP contribution in [0.2, 0.25) is 0 Å². The van der Waals surface area contributed by atoms with Gasteiger partial charge in [0.15, 0.2) is 17.4 Å². The van der Waals surface area contributed by atoms with Crippen molar-refractivity contribution >= 4 is 0 Å². The number of ether oxygens (including phenoxy) is 1. The molecule has 0 spiro atoms. The van der Waals surface area contributed by atoms with Crippen molar-refractivity contribution in [3.05, 3.63) is 42.0 Å². The molecule has 2 rings (SSSR count). The topological polar surface area (TPSA) is 35.0 Å². The Bertz CT molecular complexity index is 526. The van der Waals surface area contributed by atoms with Crippen LogP contribution >= 0.6 is 0 Å². The van der Waals surface area contributed by atoms with Crippen LogP contribution in [0.5, 0.6) is 5.75 Å². The lowest BCUT2D eigenvalue weighted by Crippen LogP contribution is -1.94. The van der Waals surface area contributed by atoms with E-state index in [-0.39, 0.29) is 5.75 Å². The zero-order valence-electron chi connectivity index (χ0n) is 10.5. The molecule has 1 heterocycles. The van der Waals surface area contributed by atoms with E-state index in [1.54, 1.807) is 24.5 Å². The molecule has 0 fully saturated rings. The maximum Gasteiger partial charge on any atom is 0.165 e. The first kappa shape index (κ1) is 12.5. The lowest BCUT2D eigenvalue weighted by Gasteiger charge is -2.05. The second kappa shape index (κ2) is 5.58. The maximum absolute atomic E-state index is 13.6. The number of methoxy groups -OCH3 is 1. The Morgan fingerprint density at radius 1 is 1.22 bits per heavy atom. The molecule has 0 radical (unpaired) electrons. The minimum Gasteiger partial charge on any atom is -0.494 e. The van der Waals surface area contributed by atoms with Crippen molar-refractivity contribution in [1.82, 2.24) is 9.97 Å². The number of halogens is 1. The van der Waals surface area contributed by atoms with Gasteiger partial charge in [-0.2, -0.15) is 0 Å². The Morgan fingerprint density at radius 2 is 1.94 bits per heavy atom. The Kier molecular flexibility index (Phi) is 3.87.